The summed E-state index contributed by atoms with van der Waals surface area (Å²) >= 11 is 7.02. The Morgan fingerprint density at radius 1 is 1.44 bits per heavy atom. The van der Waals surface area contributed by atoms with Gasteiger partial charge >= 0.3 is 0 Å². The Morgan fingerprint density at radius 2 is 2.19 bits per heavy atom. The second-order valence-electron chi connectivity index (χ2n) is 4.16. The van der Waals surface area contributed by atoms with Gasteiger partial charge in [0.05, 0.1) is 11.7 Å². The molecule has 1 aliphatic rings. The highest BCUT2D eigenvalue weighted by Gasteiger charge is 2.18. The van der Waals surface area contributed by atoms with Gasteiger partial charge < -0.3 is 10.2 Å². The van der Waals surface area contributed by atoms with Gasteiger partial charge in [-0.2, -0.15) is 8.75 Å². The van der Waals surface area contributed by atoms with E-state index >= 15 is 0 Å². The third-order valence-electron chi connectivity index (χ3n) is 3.16. The number of likely N-dealkylation sites (tertiary alicyclic amines) is 1. The third-order valence-corrected chi connectivity index (χ3v) is 4.05. The van der Waals surface area contributed by atoms with Gasteiger partial charge in [0, 0.05) is 6.54 Å². The molecule has 1 aliphatic heterocycles. The molecule has 1 fully saturated rings. The van der Waals surface area contributed by atoms with Crippen LogP contribution < -0.4 is 5.32 Å². The lowest BCUT2D eigenvalue weighted by Crippen LogP contribution is -2.35. The Bertz CT molecular complexity index is 322. The van der Waals surface area contributed by atoms with Crippen LogP contribution in [0.25, 0.3) is 0 Å². The largest absolute Gasteiger partial charge is 0.366 e. The second kappa shape index (κ2) is 5.80. The van der Waals surface area contributed by atoms with Crippen LogP contribution in [0.4, 0.5) is 5.82 Å². The Kier molecular flexibility index (Phi) is 4.37. The maximum absolute atomic E-state index is 5.87. The van der Waals surface area contributed by atoms with E-state index < -0.39 is 0 Å². The van der Waals surface area contributed by atoms with Crippen molar-refractivity contribution in [3.8, 4) is 0 Å². The summed E-state index contributed by atoms with van der Waals surface area (Å²) in [5, 5.41) is 3.78. The van der Waals surface area contributed by atoms with Crippen LogP contribution in [0.15, 0.2) is 0 Å². The molecule has 0 unspecified atom stereocenters. The molecule has 0 aliphatic carbocycles. The monoisotopic (exact) mass is 260 g/mol. The van der Waals surface area contributed by atoms with E-state index in [0.717, 1.165) is 30.0 Å². The van der Waals surface area contributed by atoms with Crippen molar-refractivity contribution in [2.24, 2.45) is 5.92 Å². The third kappa shape index (κ3) is 3.06. The van der Waals surface area contributed by atoms with E-state index in [9.17, 15) is 0 Å². The van der Waals surface area contributed by atoms with E-state index in [-0.39, 0.29) is 0 Å². The fraction of sp³-hybridized carbons (Fsp3) is 0.800. The van der Waals surface area contributed by atoms with Crippen molar-refractivity contribution in [1.29, 1.82) is 0 Å². The first-order valence-corrected chi connectivity index (χ1v) is 6.84. The van der Waals surface area contributed by atoms with Crippen LogP contribution in [-0.4, -0.2) is 39.8 Å². The number of nitrogens with zero attached hydrogens (tertiary/aromatic N) is 3. The summed E-state index contributed by atoms with van der Waals surface area (Å²) < 4.78 is 8.04. The van der Waals surface area contributed by atoms with E-state index in [1.54, 1.807) is 0 Å². The molecule has 0 atom stereocenters. The number of rotatable bonds is 4. The van der Waals surface area contributed by atoms with Gasteiger partial charge in [0.2, 0.25) is 0 Å². The number of hydrogen-bond donors (Lipinski definition) is 1. The smallest absolute Gasteiger partial charge is 0.186 e. The Labute approximate surface area is 105 Å². The van der Waals surface area contributed by atoms with Gasteiger partial charge in [-0.3, -0.25) is 0 Å². The summed E-state index contributed by atoms with van der Waals surface area (Å²) in [6.07, 6.45) is 2.52. The van der Waals surface area contributed by atoms with Crippen LogP contribution in [0.2, 0.25) is 5.15 Å². The normalized spacial score (nSPS) is 18.9. The first kappa shape index (κ1) is 12.1. The summed E-state index contributed by atoms with van der Waals surface area (Å²) in [4.78, 5) is 2.49. The number of anilines is 1. The van der Waals surface area contributed by atoms with Crippen molar-refractivity contribution < 1.29 is 0 Å². The van der Waals surface area contributed by atoms with Crippen molar-refractivity contribution in [3.05, 3.63) is 5.15 Å². The molecule has 4 nitrogen and oxygen atoms in total. The SMILES string of the molecule is CCN1CCC(CNc2nsnc2Cl)CC1. The molecule has 6 heteroatoms. The standard InChI is InChI=1S/C10H17ClN4S/c1-2-15-5-3-8(4-6-15)7-12-10-9(11)13-16-14-10/h8H,2-7H2,1H3,(H,12,14). The molecule has 2 rings (SSSR count). The van der Waals surface area contributed by atoms with Crippen molar-refractivity contribution >= 4 is 29.1 Å². The summed E-state index contributed by atoms with van der Waals surface area (Å²) in [5.41, 5.74) is 0. The highest BCUT2D eigenvalue weighted by atomic mass is 35.5. The highest BCUT2D eigenvalue weighted by molar-refractivity contribution is 6.99. The molecule has 0 radical (unpaired) electrons. The van der Waals surface area contributed by atoms with Crippen molar-refractivity contribution in [3.63, 3.8) is 0 Å². The molecular formula is C10H17ClN4S. The van der Waals surface area contributed by atoms with Crippen LogP contribution in [0.5, 0.6) is 0 Å². The summed E-state index contributed by atoms with van der Waals surface area (Å²) in [7, 11) is 0. The molecule has 0 amide bonds. The van der Waals surface area contributed by atoms with Gasteiger partial charge in [0.25, 0.3) is 0 Å². The maximum atomic E-state index is 5.87. The number of hydrogen-bond acceptors (Lipinski definition) is 5. The molecule has 2 heterocycles. The topological polar surface area (TPSA) is 41.0 Å². The quantitative estimate of drug-likeness (QED) is 0.902. The van der Waals surface area contributed by atoms with E-state index in [1.165, 1.54) is 32.5 Å². The molecule has 16 heavy (non-hydrogen) atoms. The number of halogens is 1. The van der Waals surface area contributed by atoms with Crippen LogP contribution in [0.3, 0.4) is 0 Å². The minimum absolute atomic E-state index is 0.496. The van der Waals surface area contributed by atoms with E-state index in [0.29, 0.717) is 5.15 Å². The minimum Gasteiger partial charge on any atom is -0.366 e. The van der Waals surface area contributed by atoms with Crippen LogP contribution >= 0.6 is 23.3 Å². The lowest BCUT2D eigenvalue weighted by atomic mass is 9.97. The zero-order valence-corrected chi connectivity index (χ0v) is 11.0. The van der Waals surface area contributed by atoms with Crippen LogP contribution in [0.1, 0.15) is 19.8 Å². The van der Waals surface area contributed by atoms with Crippen molar-refractivity contribution in [2.75, 3.05) is 31.5 Å². The van der Waals surface area contributed by atoms with Gasteiger partial charge in [-0.15, -0.1) is 0 Å². The second-order valence-corrected chi connectivity index (χ2v) is 5.05. The zero-order valence-electron chi connectivity index (χ0n) is 9.45. The maximum Gasteiger partial charge on any atom is 0.186 e. The number of piperidine rings is 1. The van der Waals surface area contributed by atoms with E-state index in [2.05, 4.69) is 25.9 Å². The Hall–Kier alpha value is -0.390. The van der Waals surface area contributed by atoms with Crippen LogP contribution in [-0.2, 0) is 0 Å². The van der Waals surface area contributed by atoms with Crippen molar-refractivity contribution in [2.45, 2.75) is 19.8 Å². The molecule has 90 valence electrons. The average Bonchev–Trinajstić information content (AvgIpc) is 2.73. The van der Waals surface area contributed by atoms with Gasteiger partial charge in [0.15, 0.2) is 11.0 Å². The first-order valence-electron chi connectivity index (χ1n) is 5.74. The highest BCUT2D eigenvalue weighted by Crippen LogP contribution is 2.21. The summed E-state index contributed by atoms with van der Waals surface area (Å²) in [6.45, 7) is 6.78. The molecule has 0 spiro atoms. The number of aromatic nitrogens is 2. The average molecular weight is 261 g/mol. The molecule has 1 aromatic heterocycles. The zero-order chi connectivity index (χ0) is 11.4. The molecule has 0 bridgehead atoms. The molecule has 1 saturated heterocycles. The van der Waals surface area contributed by atoms with E-state index in [4.69, 9.17) is 11.6 Å². The molecule has 1 N–H and O–H groups in total. The first-order chi connectivity index (χ1) is 7.79. The molecule has 0 saturated carbocycles. The predicted molar refractivity (Wildman–Crippen MR) is 68.2 cm³/mol. The fourth-order valence-corrected chi connectivity index (χ4v) is 2.71. The number of nitrogens with one attached hydrogen (secondary N) is 1. The lowest BCUT2D eigenvalue weighted by Gasteiger charge is -2.31. The van der Waals surface area contributed by atoms with Crippen LogP contribution in [0, 0.1) is 5.92 Å². The van der Waals surface area contributed by atoms with Gasteiger partial charge in [0.1, 0.15) is 0 Å². The molecule has 0 aromatic carbocycles. The molecular weight excluding hydrogens is 244 g/mol. The van der Waals surface area contributed by atoms with E-state index in [1.807, 2.05) is 0 Å². The van der Waals surface area contributed by atoms with Gasteiger partial charge in [-0.05, 0) is 38.4 Å². The minimum atomic E-state index is 0.496. The van der Waals surface area contributed by atoms with Crippen molar-refractivity contribution in [1.82, 2.24) is 13.6 Å². The molecule has 1 aromatic rings. The lowest BCUT2D eigenvalue weighted by molar-refractivity contribution is 0.198. The Morgan fingerprint density at radius 3 is 2.75 bits per heavy atom. The van der Waals surface area contributed by atoms with Gasteiger partial charge in [-0.25, -0.2) is 0 Å². The Balaban J connectivity index is 1.73. The summed E-state index contributed by atoms with van der Waals surface area (Å²) in [6, 6.07) is 0. The van der Waals surface area contributed by atoms with Gasteiger partial charge in [-0.1, -0.05) is 18.5 Å². The predicted octanol–water partition coefficient (Wildman–Crippen LogP) is 2.34. The summed E-state index contributed by atoms with van der Waals surface area (Å²) in [5.74, 6) is 1.48. The fourth-order valence-electron chi connectivity index (χ4n) is 2.03.